The zero-order chi connectivity index (χ0) is 15.6. The summed E-state index contributed by atoms with van der Waals surface area (Å²) < 4.78 is 2.52. The summed E-state index contributed by atoms with van der Waals surface area (Å²) in [7, 11) is 0. The average molecular weight is 318 g/mol. The molecule has 0 bridgehead atoms. The molecule has 0 saturated carbocycles. The minimum Gasteiger partial charge on any atom is -0.386 e. The Balaban J connectivity index is 2.03. The Labute approximate surface area is 136 Å². The van der Waals surface area contributed by atoms with Gasteiger partial charge < -0.3 is 10.2 Å². The smallest absolute Gasteiger partial charge is 0.109 e. The van der Waals surface area contributed by atoms with Gasteiger partial charge in [0.2, 0.25) is 0 Å². The Morgan fingerprint density at radius 3 is 2.57 bits per heavy atom. The molecule has 0 aliphatic heterocycles. The fourth-order valence-electron chi connectivity index (χ4n) is 3.60. The van der Waals surface area contributed by atoms with Gasteiger partial charge in [0.25, 0.3) is 0 Å². The van der Waals surface area contributed by atoms with Crippen LogP contribution >= 0.6 is 11.3 Å². The minimum atomic E-state index is -0.862. The van der Waals surface area contributed by atoms with Gasteiger partial charge in [-0.15, -0.1) is 11.3 Å². The number of hydrogen-bond donors (Lipinski definition) is 2. The third kappa shape index (κ3) is 1.75. The minimum absolute atomic E-state index is 0.801. The van der Waals surface area contributed by atoms with Crippen molar-refractivity contribution in [3.8, 4) is 0 Å². The molecular formula is C20H14O2S. The van der Waals surface area contributed by atoms with Crippen LogP contribution in [0, 0.1) is 0 Å². The van der Waals surface area contributed by atoms with Crippen molar-refractivity contribution in [2.24, 2.45) is 0 Å². The molecule has 1 aromatic heterocycles. The second kappa shape index (κ2) is 4.65. The molecule has 3 heteroatoms. The van der Waals surface area contributed by atoms with Gasteiger partial charge in [-0.25, -0.2) is 0 Å². The Kier molecular flexibility index (Phi) is 2.68. The van der Waals surface area contributed by atoms with Gasteiger partial charge in [-0.2, -0.15) is 0 Å². The molecule has 0 fully saturated rings. The number of aliphatic hydroxyl groups excluding tert-OH is 2. The molecule has 0 spiro atoms. The second-order valence-electron chi connectivity index (χ2n) is 6.00. The molecule has 112 valence electrons. The summed E-state index contributed by atoms with van der Waals surface area (Å²) in [6.07, 6.45) is 1.93. The Hall–Kier alpha value is -2.20. The van der Waals surface area contributed by atoms with Gasteiger partial charge in [0.1, 0.15) is 12.2 Å². The molecule has 5 rings (SSSR count). The Morgan fingerprint density at radius 2 is 1.65 bits per heavy atom. The fourth-order valence-corrected chi connectivity index (χ4v) is 4.71. The summed E-state index contributed by atoms with van der Waals surface area (Å²) in [5.41, 5.74) is 1.82. The molecule has 23 heavy (non-hydrogen) atoms. The lowest BCUT2D eigenvalue weighted by Gasteiger charge is -2.23. The van der Waals surface area contributed by atoms with Crippen LogP contribution in [0.1, 0.15) is 17.2 Å². The molecule has 0 saturated heterocycles. The van der Waals surface area contributed by atoms with Crippen molar-refractivity contribution in [3.05, 3.63) is 65.7 Å². The first-order valence-corrected chi connectivity index (χ1v) is 8.47. The van der Waals surface area contributed by atoms with Gasteiger partial charge in [0.15, 0.2) is 0 Å². The molecule has 3 aromatic carbocycles. The van der Waals surface area contributed by atoms with Crippen LogP contribution in [0.5, 0.6) is 0 Å². The lowest BCUT2D eigenvalue weighted by Crippen LogP contribution is -2.19. The lowest BCUT2D eigenvalue weighted by molar-refractivity contribution is 0.0471. The van der Waals surface area contributed by atoms with Gasteiger partial charge >= 0.3 is 0 Å². The van der Waals surface area contributed by atoms with E-state index in [0.717, 1.165) is 16.5 Å². The van der Waals surface area contributed by atoms with Crippen molar-refractivity contribution in [3.63, 3.8) is 0 Å². The summed E-state index contributed by atoms with van der Waals surface area (Å²) in [4.78, 5) is 0. The van der Waals surface area contributed by atoms with Crippen LogP contribution in [-0.4, -0.2) is 16.3 Å². The van der Waals surface area contributed by atoms with Crippen LogP contribution in [0.25, 0.3) is 37.0 Å². The van der Waals surface area contributed by atoms with Crippen molar-refractivity contribution in [1.29, 1.82) is 0 Å². The first-order valence-electron chi connectivity index (χ1n) is 7.65. The zero-order valence-corrected chi connectivity index (χ0v) is 13.0. The first-order chi connectivity index (χ1) is 11.2. The van der Waals surface area contributed by atoms with Crippen LogP contribution in [0.4, 0.5) is 0 Å². The fraction of sp³-hybridized carbons (Fsp3) is 0.100. The highest BCUT2D eigenvalue weighted by molar-refractivity contribution is 7.26. The number of rotatable bonds is 0. The molecule has 4 aromatic rings. The molecule has 1 heterocycles. The summed E-state index contributed by atoms with van der Waals surface area (Å²) in [6, 6.07) is 16.7. The van der Waals surface area contributed by atoms with Gasteiger partial charge in [-0.05, 0) is 34.0 Å². The van der Waals surface area contributed by atoms with Gasteiger partial charge in [-0.1, -0.05) is 48.6 Å². The lowest BCUT2D eigenvalue weighted by atomic mass is 9.87. The highest BCUT2D eigenvalue weighted by atomic mass is 32.1. The largest absolute Gasteiger partial charge is 0.386 e. The van der Waals surface area contributed by atoms with Gasteiger partial charge in [-0.3, -0.25) is 0 Å². The molecule has 0 unspecified atom stereocenters. The van der Waals surface area contributed by atoms with Crippen LogP contribution in [0.2, 0.25) is 0 Å². The summed E-state index contributed by atoms with van der Waals surface area (Å²) in [5, 5.41) is 25.1. The summed E-state index contributed by atoms with van der Waals surface area (Å²) in [6.45, 7) is 0. The topological polar surface area (TPSA) is 40.5 Å². The normalized spacial score (nSPS) is 20.4. The number of aliphatic hydroxyl groups is 2. The van der Waals surface area contributed by atoms with Crippen LogP contribution < -0.4 is 0 Å². The van der Waals surface area contributed by atoms with E-state index >= 15 is 0 Å². The van der Waals surface area contributed by atoms with Crippen molar-refractivity contribution >= 4 is 48.4 Å². The van der Waals surface area contributed by atoms with Crippen molar-refractivity contribution in [2.75, 3.05) is 0 Å². The van der Waals surface area contributed by atoms with Gasteiger partial charge in [0, 0.05) is 20.2 Å². The molecule has 2 atom stereocenters. The van der Waals surface area contributed by atoms with E-state index in [2.05, 4.69) is 36.4 Å². The van der Waals surface area contributed by atoms with Crippen molar-refractivity contribution in [2.45, 2.75) is 12.2 Å². The van der Waals surface area contributed by atoms with E-state index in [0.29, 0.717) is 0 Å². The number of fused-ring (bicyclic) bond motifs is 7. The van der Waals surface area contributed by atoms with Crippen LogP contribution in [0.3, 0.4) is 0 Å². The van der Waals surface area contributed by atoms with Crippen molar-refractivity contribution < 1.29 is 10.2 Å². The maximum atomic E-state index is 10.3. The quantitative estimate of drug-likeness (QED) is 0.496. The molecule has 0 amide bonds. The maximum absolute atomic E-state index is 10.3. The van der Waals surface area contributed by atoms with E-state index in [1.165, 1.54) is 25.6 Å². The van der Waals surface area contributed by atoms with E-state index in [1.807, 2.05) is 18.2 Å². The molecular weight excluding hydrogens is 304 g/mol. The zero-order valence-electron chi connectivity index (χ0n) is 12.2. The van der Waals surface area contributed by atoms with E-state index in [1.54, 1.807) is 17.4 Å². The van der Waals surface area contributed by atoms with E-state index < -0.39 is 12.2 Å². The Morgan fingerprint density at radius 1 is 0.826 bits per heavy atom. The predicted octanol–water partition coefficient (Wildman–Crippen LogP) is 4.63. The van der Waals surface area contributed by atoms with Gasteiger partial charge in [0.05, 0.1) is 0 Å². The number of benzene rings is 3. The van der Waals surface area contributed by atoms with E-state index in [4.69, 9.17) is 0 Å². The summed E-state index contributed by atoms with van der Waals surface area (Å²) >= 11 is 1.79. The second-order valence-corrected chi connectivity index (χ2v) is 7.08. The summed E-state index contributed by atoms with van der Waals surface area (Å²) in [5.74, 6) is 0. The van der Waals surface area contributed by atoms with Crippen LogP contribution in [0.15, 0.2) is 54.6 Å². The van der Waals surface area contributed by atoms with Crippen molar-refractivity contribution in [1.82, 2.24) is 0 Å². The molecule has 1 aliphatic rings. The monoisotopic (exact) mass is 318 g/mol. The molecule has 0 radical (unpaired) electrons. The Bertz CT molecular complexity index is 1110. The molecule has 2 N–H and O–H groups in total. The highest BCUT2D eigenvalue weighted by Gasteiger charge is 2.24. The SMILES string of the molecule is O[C@H]1C=Cc2c(ccc3ccc4sc5ccccc5c4c23)[C@@H]1O. The number of hydrogen-bond acceptors (Lipinski definition) is 3. The third-order valence-corrected chi connectivity index (χ3v) is 5.84. The third-order valence-electron chi connectivity index (χ3n) is 4.70. The predicted molar refractivity (Wildman–Crippen MR) is 96.8 cm³/mol. The molecule has 2 nitrogen and oxygen atoms in total. The maximum Gasteiger partial charge on any atom is 0.109 e. The molecule has 1 aliphatic carbocycles. The number of thiophene rings is 1. The first kappa shape index (κ1) is 13.3. The van der Waals surface area contributed by atoms with E-state index in [9.17, 15) is 10.2 Å². The highest BCUT2D eigenvalue weighted by Crippen LogP contribution is 2.42. The van der Waals surface area contributed by atoms with Crippen LogP contribution in [-0.2, 0) is 0 Å². The average Bonchev–Trinajstić information content (AvgIpc) is 2.96. The van der Waals surface area contributed by atoms with E-state index in [-0.39, 0.29) is 0 Å². The standard InChI is InChI=1S/C20H14O2S/c21-15-9-8-12-13(20(15)22)7-5-11-6-10-17-19(18(11)12)14-3-1-2-4-16(14)23-17/h1-10,15,20-22H/t15-,20-/m0/s1.